The van der Waals surface area contributed by atoms with Crippen molar-refractivity contribution in [3.8, 4) is 0 Å². The molecule has 0 radical (unpaired) electrons. The molecule has 0 aliphatic carbocycles. The third-order valence-corrected chi connectivity index (χ3v) is 3.06. The minimum atomic E-state index is -0.432. The Hall–Kier alpha value is -1.00. The summed E-state index contributed by atoms with van der Waals surface area (Å²) in [6.07, 6.45) is -0.193. The van der Waals surface area contributed by atoms with Crippen LogP contribution >= 0.6 is 0 Å². The highest BCUT2D eigenvalue weighted by atomic mass is 19.1. The van der Waals surface area contributed by atoms with Crippen molar-refractivity contribution in [2.45, 2.75) is 39.8 Å². The molecular formula is C15H23F2NO. The van der Waals surface area contributed by atoms with E-state index in [0.717, 1.165) is 6.07 Å². The van der Waals surface area contributed by atoms with E-state index < -0.39 is 11.6 Å². The molecule has 0 heterocycles. The molecule has 1 N–H and O–H groups in total. The molecule has 0 aliphatic rings. The molecule has 0 fully saturated rings. The molecule has 108 valence electrons. The zero-order chi connectivity index (χ0) is 14.4. The van der Waals surface area contributed by atoms with Gasteiger partial charge in [0, 0.05) is 12.2 Å². The first-order valence-electron chi connectivity index (χ1n) is 6.81. The summed E-state index contributed by atoms with van der Waals surface area (Å²) in [5.41, 5.74) is 0.328. The zero-order valence-corrected chi connectivity index (χ0v) is 12.0. The van der Waals surface area contributed by atoms with Crippen LogP contribution in [-0.4, -0.2) is 19.3 Å². The Morgan fingerprint density at radius 2 is 1.89 bits per heavy atom. The minimum absolute atomic E-state index is 0.193. The van der Waals surface area contributed by atoms with Gasteiger partial charge in [0.25, 0.3) is 0 Å². The van der Waals surface area contributed by atoms with E-state index in [-0.39, 0.29) is 18.1 Å². The van der Waals surface area contributed by atoms with Crippen molar-refractivity contribution in [1.82, 2.24) is 5.32 Å². The molecule has 2 unspecified atom stereocenters. The third-order valence-electron chi connectivity index (χ3n) is 3.06. The Morgan fingerprint density at radius 3 is 2.42 bits per heavy atom. The molecule has 4 heteroatoms. The molecule has 19 heavy (non-hydrogen) atoms. The summed E-state index contributed by atoms with van der Waals surface area (Å²) in [4.78, 5) is 0. The first kappa shape index (κ1) is 16.1. The predicted octanol–water partition coefficient (Wildman–Crippen LogP) is 3.68. The molecule has 0 spiro atoms. The second-order valence-electron chi connectivity index (χ2n) is 4.87. The molecule has 0 saturated heterocycles. The first-order valence-corrected chi connectivity index (χ1v) is 6.81. The van der Waals surface area contributed by atoms with Crippen LogP contribution in [0.2, 0.25) is 0 Å². The van der Waals surface area contributed by atoms with E-state index in [1.807, 2.05) is 27.7 Å². The van der Waals surface area contributed by atoms with Crippen LogP contribution in [0.25, 0.3) is 0 Å². The zero-order valence-electron chi connectivity index (χ0n) is 12.0. The number of halogens is 2. The van der Waals surface area contributed by atoms with Gasteiger partial charge in [-0.2, -0.15) is 0 Å². The van der Waals surface area contributed by atoms with Crippen molar-refractivity contribution in [3.63, 3.8) is 0 Å². The molecule has 1 aromatic carbocycles. The number of rotatable bonds is 7. The van der Waals surface area contributed by atoms with E-state index >= 15 is 0 Å². The number of nitrogens with one attached hydrogen (secondary N) is 1. The summed E-state index contributed by atoms with van der Waals surface area (Å²) in [5, 5.41) is 3.20. The highest BCUT2D eigenvalue weighted by Gasteiger charge is 2.28. The van der Waals surface area contributed by atoms with Crippen LogP contribution in [0.4, 0.5) is 8.78 Å². The van der Waals surface area contributed by atoms with E-state index in [9.17, 15) is 8.78 Å². The van der Waals surface area contributed by atoms with E-state index in [1.165, 1.54) is 12.1 Å². The fourth-order valence-corrected chi connectivity index (χ4v) is 2.24. The molecule has 0 bridgehead atoms. The molecule has 2 nitrogen and oxygen atoms in total. The number of hydrogen-bond acceptors (Lipinski definition) is 2. The summed E-state index contributed by atoms with van der Waals surface area (Å²) in [6, 6.07) is 3.20. The second kappa shape index (κ2) is 7.56. The van der Waals surface area contributed by atoms with Crippen LogP contribution in [0, 0.1) is 17.6 Å². The lowest BCUT2D eigenvalue weighted by Gasteiger charge is -2.31. The van der Waals surface area contributed by atoms with E-state index in [1.54, 1.807) is 0 Å². The maximum absolute atomic E-state index is 13.9. The Bertz CT molecular complexity index is 396. The fraction of sp³-hybridized carbons (Fsp3) is 0.600. The van der Waals surface area contributed by atoms with Crippen LogP contribution in [0.5, 0.6) is 0 Å². The Balaban J connectivity index is 3.13. The van der Waals surface area contributed by atoms with E-state index in [4.69, 9.17) is 4.74 Å². The maximum atomic E-state index is 13.9. The van der Waals surface area contributed by atoms with Crippen LogP contribution in [-0.2, 0) is 4.74 Å². The molecule has 0 amide bonds. The van der Waals surface area contributed by atoms with Crippen molar-refractivity contribution in [1.29, 1.82) is 0 Å². The highest BCUT2D eigenvalue weighted by Crippen LogP contribution is 2.27. The van der Waals surface area contributed by atoms with Gasteiger partial charge in [0.2, 0.25) is 0 Å². The monoisotopic (exact) mass is 271 g/mol. The number of benzene rings is 1. The molecule has 0 aliphatic heterocycles. The first-order chi connectivity index (χ1) is 9.01. The SMILES string of the molecule is CCNC(c1cc(F)ccc1F)C(OCC)C(C)C. The minimum Gasteiger partial charge on any atom is -0.376 e. The summed E-state index contributed by atoms with van der Waals surface area (Å²) >= 11 is 0. The van der Waals surface area contributed by atoms with Crippen molar-refractivity contribution >= 4 is 0 Å². The van der Waals surface area contributed by atoms with Crippen molar-refractivity contribution < 1.29 is 13.5 Å². The van der Waals surface area contributed by atoms with Crippen molar-refractivity contribution in [2.75, 3.05) is 13.2 Å². The molecule has 0 aromatic heterocycles. The average Bonchev–Trinajstić information content (AvgIpc) is 2.36. The largest absolute Gasteiger partial charge is 0.376 e. The van der Waals surface area contributed by atoms with Gasteiger partial charge < -0.3 is 10.1 Å². The van der Waals surface area contributed by atoms with E-state index in [0.29, 0.717) is 18.7 Å². The lowest BCUT2D eigenvalue weighted by Crippen LogP contribution is -2.38. The van der Waals surface area contributed by atoms with Gasteiger partial charge in [-0.25, -0.2) is 8.78 Å². The highest BCUT2D eigenvalue weighted by molar-refractivity contribution is 5.23. The van der Waals surface area contributed by atoms with Gasteiger partial charge in [-0.3, -0.25) is 0 Å². The lowest BCUT2D eigenvalue weighted by molar-refractivity contribution is 0.00230. The molecular weight excluding hydrogens is 248 g/mol. The van der Waals surface area contributed by atoms with Crippen LogP contribution in [0.1, 0.15) is 39.3 Å². The van der Waals surface area contributed by atoms with Gasteiger partial charge in [0.15, 0.2) is 0 Å². The van der Waals surface area contributed by atoms with E-state index in [2.05, 4.69) is 5.32 Å². The summed E-state index contributed by atoms with van der Waals surface area (Å²) in [7, 11) is 0. The van der Waals surface area contributed by atoms with Gasteiger partial charge in [-0.05, 0) is 37.6 Å². The van der Waals surface area contributed by atoms with Crippen LogP contribution < -0.4 is 5.32 Å². The lowest BCUT2D eigenvalue weighted by atomic mass is 9.93. The van der Waals surface area contributed by atoms with Gasteiger partial charge >= 0.3 is 0 Å². The van der Waals surface area contributed by atoms with Gasteiger partial charge in [0.1, 0.15) is 11.6 Å². The van der Waals surface area contributed by atoms with Gasteiger partial charge in [-0.15, -0.1) is 0 Å². The maximum Gasteiger partial charge on any atom is 0.128 e. The van der Waals surface area contributed by atoms with Crippen molar-refractivity contribution in [2.24, 2.45) is 5.92 Å². The van der Waals surface area contributed by atoms with Crippen LogP contribution in [0.15, 0.2) is 18.2 Å². The fourth-order valence-electron chi connectivity index (χ4n) is 2.24. The predicted molar refractivity (Wildman–Crippen MR) is 73.0 cm³/mol. The topological polar surface area (TPSA) is 21.3 Å². The summed E-state index contributed by atoms with van der Waals surface area (Å²) in [6.45, 7) is 9.08. The van der Waals surface area contributed by atoms with Gasteiger partial charge in [0.05, 0.1) is 12.1 Å². The third kappa shape index (κ3) is 4.25. The Kier molecular flexibility index (Phi) is 6.38. The average molecular weight is 271 g/mol. The second-order valence-corrected chi connectivity index (χ2v) is 4.87. The number of likely N-dealkylation sites (N-methyl/N-ethyl adjacent to an activating group) is 1. The smallest absolute Gasteiger partial charge is 0.128 e. The van der Waals surface area contributed by atoms with Gasteiger partial charge in [-0.1, -0.05) is 20.8 Å². The number of ether oxygens (including phenoxy) is 1. The molecule has 2 atom stereocenters. The molecule has 1 rings (SSSR count). The Morgan fingerprint density at radius 1 is 1.21 bits per heavy atom. The summed E-state index contributed by atoms with van der Waals surface area (Å²) in [5.74, 6) is -0.636. The van der Waals surface area contributed by atoms with Crippen molar-refractivity contribution in [3.05, 3.63) is 35.4 Å². The van der Waals surface area contributed by atoms with Crippen LogP contribution in [0.3, 0.4) is 0 Å². The quantitative estimate of drug-likeness (QED) is 0.817. The Labute approximate surface area is 114 Å². The summed E-state index contributed by atoms with van der Waals surface area (Å²) < 4.78 is 33.0. The normalized spacial score (nSPS) is 14.7. The molecule has 0 saturated carbocycles. The molecule has 1 aromatic rings. The standard InChI is InChI=1S/C15H23F2NO/c1-5-18-14(15(10(3)4)19-6-2)12-9-11(16)7-8-13(12)17/h7-10,14-15,18H,5-6H2,1-4H3. The number of hydrogen-bond donors (Lipinski definition) is 1.